The molecule has 0 aliphatic heterocycles. The molecule has 0 radical (unpaired) electrons. The molecule has 3 amide bonds. The van der Waals surface area contributed by atoms with Crippen LogP contribution in [0.2, 0.25) is 0 Å². The number of imide groups is 1. The highest BCUT2D eigenvalue weighted by molar-refractivity contribution is 6.09. The summed E-state index contributed by atoms with van der Waals surface area (Å²) < 4.78 is 9.41. The second kappa shape index (κ2) is 14.6. The molecular formula is C26H30N6O8. The number of aliphatic imine (C=N–C) groups is 2. The number of carboxylic acids is 1. The number of aliphatic carboxylic acids is 1. The molecule has 0 saturated heterocycles. The summed E-state index contributed by atoms with van der Waals surface area (Å²) in [7, 11) is 0. The van der Waals surface area contributed by atoms with E-state index in [4.69, 9.17) is 15.6 Å². The van der Waals surface area contributed by atoms with Gasteiger partial charge < -0.3 is 30.6 Å². The van der Waals surface area contributed by atoms with Gasteiger partial charge in [-0.3, -0.25) is 9.59 Å². The second-order valence-electron chi connectivity index (χ2n) is 7.99. The van der Waals surface area contributed by atoms with Crippen molar-refractivity contribution in [3.8, 4) is 0 Å². The molecule has 2 rings (SSSR count). The molecule has 0 saturated carbocycles. The van der Waals surface area contributed by atoms with Gasteiger partial charge in [-0.05, 0) is 51.0 Å². The first-order valence-corrected chi connectivity index (χ1v) is 12.0. The number of amidine groups is 1. The highest BCUT2D eigenvalue weighted by Gasteiger charge is 2.27. The van der Waals surface area contributed by atoms with Gasteiger partial charge in [0.25, 0.3) is 11.8 Å². The van der Waals surface area contributed by atoms with Gasteiger partial charge in [-0.15, -0.1) is 0 Å². The topological polar surface area (TPSA) is 206 Å². The van der Waals surface area contributed by atoms with Gasteiger partial charge in [0.2, 0.25) is 6.79 Å². The molecule has 0 spiro atoms. The average molecular weight is 555 g/mol. The molecule has 0 fully saturated rings. The molecule has 0 bridgehead atoms. The minimum absolute atomic E-state index is 0.0712. The Morgan fingerprint density at radius 2 is 1.85 bits per heavy atom. The van der Waals surface area contributed by atoms with E-state index in [9.17, 15) is 24.0 Å². The van der Waals surface area contributed by atoms with Crippen LogP contribution in [0.5, 0.6) is 0 Å². The number of H-pyrrole nitrogens is 1. The van der Waals surface area contributed by atoms with Gasteiger partial charge in [0.15, 0.2) is 5.84 Å². The largest absolute Gasteiger partial charge is 0.478 e. The SMILES string of the molecule is CCNC(=O)c1ccc(C)c(N=C(N=CN)c2[nH]cc(C(=O)N(CC)C(=O)OCOC(=O)/C=C/C(=O)O)c2C)c1. The standard InChI is InChI=1S/C26H30N6O8/c1-5-28-24(36)17-8-7-15(3)19(11-17)31-23(30-13-27)22-16(4)18(12-29-22)25(37)32(6-2)26(38)40-14-39-21(35)10-9-20(33)34/h7-13,29H,5-6,14H2,1-4H3,(H,28,36)(H,33,34)(H2,27,30,31)/b10-9+. The average Bonchev–Trinajstić information content (AvgIpc) is 3.29. The van der Waals surface area contributed by atoms with Gasteiger partial charge in [0.1, 0.15) is 0 Å². The number of amides is 3. The number of nitrogens with zero attached hydrogens (tertiary/aromatic N) is 3. The van der Waals surface area contributed by atoms with Gasteiger partial charge in [-0.25, -0.2) is 29.3 Å². The smallest absolute Gasteiger partial charge is 0.419 e. The first-order valence-electron chi connectivity index (χ1n) is 12.0. The molecule has 14 heteroatoms. The summed E-state index contributed by atoms with van der Waals surface area (Å²) in [6.07, 6.45) is 2.53. The zero-order valence-corrected chi connectivity index (χ0v) is 22.4. The van der Waals surface area contributed by atoms with E-state index in [0.29, 0.717) is 41.2 Å². The van der Waals surface area contributed by atoms with Crippen LogP contribution in [0, 0.1) is 13.8 Å². The van der Waals surface area contributed by atoms with Crippen molar-refractivity contribution in [1.82, 2.24) is 15.2 Å². The molecule has 1 aromatic carbocycles. The van der Waals surface area contributed by atoms with Gasteiger partial charge in [-0.2, -0.15) is 0 Å². The third-order valence-electron chi connectivity index (χ3n) is 5.35. The third-order valence-corrected chi connectivity index (χ3v) is 5.35. The minimum atomic E-state index is -1.36. The van der Waals surface area contributed by atoms with E-state index in [0.717, 1.165) is 16.8 Å². The van der Waals surface area contributed by atoms with E-state index in [1.807, 2.05) is 13.8 Å². The van der Waals surface area contributed by atoms with Crippen LogP contribution in [-0.2, 0) is 19.1 Å². The Morgan fingerprint density at radius 1 is 1.12 bits per heavy atom. The highest BCUT2D eigenvalue weighted by Crippen LogP contribution is 2.24. The summed E-state index contributed by atoms with van der Waals surface area (Å²) in [6.45, 7) is 6.34. The number of nitrogens with two attached hydrogens (primary N) is 1. The van der Waals surface area contributed by atoms with Crippen molar-refractivity contribution in [3.63, 3.8) is 0 Å². The van der Waals surface area contributed by atoms with E-state index in [1.165, 1.54) is 6.20 Å². The van der Waals surface area contributed by atoms with Crippen molar-refractivity contribution in [2.45, 2.75) is 27.7 Å². The number of aromatic nitrogens is 1. The Hall–Kier alpha value is -5.27. The number of benzene rings is 1. The molecule has 2 aromatic rings. The maximum atomic E-state index is 13.2. The number of carbonyl (C=O) groups excluding carboxylic acids is 4. The van der Waals surface area contributed by atoms with Crippen LogP contribution in [0.25, 0.3) is 0 Å². The number of carboxylic acid groups (broad SMARTS) is 1. The van der Waals surface area contributed by atoms with E-state index in [2.05, 4.69) is 25.0 Å². The lowest BCUT2D eigenvalue weighted by Gasteiger charge is -2.18. The molecule has 0 unspecified atom stereocenters. The van der Waals surface area contributed by atoms with E-state index < -0.39 is 30.7 Å². The zero-order valence-electron chi connectivity index (χ0n) is 22.4. The molecule has 212 valence electrons. The first kappa shape index (κ1) is 31.0. The Kier molecular flexibility index (Phi) is 11.3. The Balaban J connectivity index is 2.29. The van der Waals surface area contributed by atoms with Crippen molar-refractivity contribution < 1.29 is 38.6 Å². The summed E-state index contributed by atoms with van der Waals surface area (Å²) >= 11 is 0. The van der Waals surface area contributed by atoms with Gasteiger partial charge >= 0.3 is 18.0 Å². The van der Waals surface area contributed by atoms with Gasteiger partial charge in [-0.1, -0.05) is 6.07 Å². The number of aryl methyl sites for hydroxylation is 1. The van der Waals surface area contributed by atoms with Crippen LogP contribution in [-0.4, -0.2) is 76.9 Å². The van der Waals surface area contributed by atoms with Crippen LogP contribution in [0.15, 0.2) is 46.5 Å². The lowest BCUT2D eigenvalue weighted by Crippen LogP contribution is -2.37. The van der Waals surface area contributed by atoms with E-state index in [1.54, 1.807) is 32.0 Å². The lowest BCUT2D eigenvalue weighted by atomic mass is 10.1. The Morgan fingerprint density at radius 3 is 2.48 bits per heavy atom. The predicted molar refractivity (Wildman–Crippen MR) is 145 cm³/mol. The quantitative estimate of drug-likeness (QED) is 0.111. The molecule has 1 heterocycles. The Labute approximate surface area is 229 Å². The molecule has 0 atom stereocenters. The number of hydrogen-bond donors (Lipinski definition) is 4. The van der Waals surface area contributed by atoms with Crippen LogP contribution in [0.4, 0.5) is 10.5 Å². The molecule has 14 nitrogen and oxygen atoms in total. The van der Waals surface area contributed by atoms with Crippen molar-refractivity contribution in [2.24, 2.45) is 15.7 Å². The third kappa shape index (κ3) is 8.11. The van der Waals surface area contributed by atoms with Gasteiger partial charge in [0, 0.05) is 37.0 Å². The number of nitrogens with one attached hydrogen (secondary N) is 2. The maximum Gasteiger partial charge on any atom is 0.419 e. The number of rotatable bonds is 10. The number of ether oxygens (including phenoxy) is 2. The highest BCUT2D eigenvalue weighted by atomic mass is 16.7. The van der Waals surface area contributed by atoms with Gasteiger partial charge in [0.05, 0.1) is 23.3 Å². The molecule has 40 heavy (non-hydrogen) atoms. The normalized spacial score (nSPS) is 11.4. The fourth-order valence-electron chi connectivity index (χ4n) is 3.32. The van der Waals surface area contributed by atoms with Crippen molar-refractivity contribution in [3.05, 3.63) is 64.5 Å². The summed E-state index contributed by atoms with van der Waals surface area (Å²) in [5.41, 5.74) is 8.03. The number of carbonyl (C=O) groups is 5. The first-order chi connectivity index (χ1) is 19.0. The zero-order chi connectivity index (χ0) is 29.8. The van der Waals surface area contributed by atoms with E-state index in [-0.39, 0.29) is 23.9 Å². The molecule has 0 aliphatic rings. The maximum absolute atomic E-state index is 13.2. The van der Waals surface area contributed by atoms with Crippen LogP contribution >= 0.6 is 0 Å². The van der Waals surface area contributed by atoms with Crippen LogP contribution in [0.1, 0.15) is 51.4 Å². The fraction of sp³-hybridized carbons (Fsp3) is 0.269. The number of esters is 1. The summed E-state index contributed by atoms with van der Waals surface area (Å²) in [4.78, 5) is 72.2. The summed E-state index contributed by atoms with van der Waals surface area (Å²) in [5.74, 6) is -3.25. The van der Waals surface area contributed by atoms with Crippen molar-refractivity contribution in [1.29, 1.82) is 0 Å². The minimum Gasteiger partial charge on any atom is -0.478 e. The Bertz CT molecular complexity index is 1380. The van der Waals surface area contributed by atoms with Crippen LogP contribution < -0.4 is 11.1 Å². The second-order valence-corrected chi connectivity index (χ2v) is 7.99. The van der Waals surface area contributed by atoms with Crippen molar-refractivity contribution >= 4 is 47.7 Å². The molecular weight excluding hydrogens is 524 g/mol. The van der Waals surface area contributed by atoms with Crippen molar-refractivity contribution in [2.75, 3.05) is 19.9 Å². The fourth-order valence-corrected chi connectivity index (χ4v) is 3.32. The monoisotopic (exact) mass is 554 g/mol. The summed E-state index contributed by atoms with van der Waals surface area (Å²) in [5, 5.41) is 11.2. The molecule has 0 aliphatic carbocycles. The molecule has 5 N–H and O–H groups in total. The number of hydrogen-bond acceptors (Lipinski definition) is 8. The van der Waals surface area contributed by atoms with Crippen LogP contribution in [0.3, 0.4) is 0 Å². The molecule has 1 aromatic heterocycles. The van der Waals surface area contributed by atoms with E-state index >= 15 is 0 Å². The lowest BCUT2D eigenvalue weighted by molar-refractivity contribution is -0.146. The summed E-state index contributed by atoms with van der Waals surface area (Å²) in [6, 6.07) is 5.03. The number of aromatic amines is 1. The predicted octanol–water partition coefficient (Wildman–Crippen LogP) is 2.19.